The fourth-order valence-electron chi connectivity index (χ4n) is 5.17. The molecule has 2 aromatic carbocycles. The molecule has 1 saturated carbocycles. The van der Waals surface area contributed by atoms with Gasteiger partial charge in [0, 0.05) is 12.5 Å². The maximum Gasteiger partial charge on any atom is 0.346 e. The molecule has 0 bridgehead atoms. The molecule has 0 spiro atoms. The number of ketones is 1. The highest BCUT2D eigenvalue weighted by Gasteiger charge is 2.42. The van der Waals surface area contributed by atoms with Crippen molar-refractivity contribution in [1.82, 2.24) is 4.72 Å². The van der Waals surface area contributed by atoms with Crippen LogP contribution < -0.4 is 4.72 Å². The van der Waals surface area contributed by atoms with Gasteiger partial charge in [-0.05, 0) is 48.4 Å². The number of allylic oxidation sites excluding steroid dienone is 1. The second-order valence-corrected chi connectivity index (χ2v) is 11.9. The Morgan fingerprint density at radius 1 is 1.00 bits per heavy atom. The minimum Gasteiger partial charge on any atom is -0.511 e. The Bertz CT molecular complexity index is 1230. The second-order valence-electron chi connectivity index (χ2n) is 10.1. The van der Waals surface area contributed by atoms with Crippen LogP contribution in [0.25, 0.3) is 0 Å². The normalized spacial score (nSPS) is 21.1. The molecule has 2 atom stereocenters. The molecule has 7 nitrogen and oxygen atoms in total. The van der Waals surface area contributed by atoms with Crippen molar-refractivity contribution in [3.63, 3.8) is 0 Å². The van der Waals surface area contributed by atoms with Gasteiger partial charge >= 0.3 is 5.97 Å². The van der Waals surface area contributed by atoms with Gasteiger partial charge in [-0.25, -0.2) is 17.9 Å². The second kappa shape index (κ2) is 12.0. The minimum atomic E-state index is -3.54. The standard InChI is InChI=1S/C29H35NO6S/c1-20(27(31)26-28(32)25(36-29(26)33)19-22-8-4-2-5-9-22)18-23-14-12-21(13-15-23)16-17-30-37(34,35)24-10-6-3-7-11-24/h3,6-7,10-15,20,22,25,30-31H,2,4-5,8-9,16-19H2,1H3. The van der Waals surface area contributed by atoms with Crippen LogP contribution in [0.2, 0.25) is 0 Å². The SMILES string of the molecule is CC(Cc1ccc(CCNS(=O)(=O)c2ccccc2)cc1)C(O)=C1C(=O)OC(CC2CCCCC2)C1=O. The average molecular weight is 526 g/mol. The van der Waals surface area contributed by atoms with Crippen LogP contribution in [-0.4, -0.2) is 37.9 Å². The molecular formula is C29H35NO6S. The Morgan fingerprint density at radius 3 is 2.32 bits per heavy atom. The summed E-state index contributed by atoms with van der Waals surface area (Å²) in [6.45, 7) is 2.05. The first-order valence-corrected chi connectivity index (χ1v) is 14.5. The van der Waals surface area contributed by atoms with E-state index in [0.717, 1.165) is 36.8 Å². The van der Waals surface area contributed by atoms with E-state index in [1.807, 2.05) is 24.3 Å². The highest BCUT2D eigenvalue weighted by molar-refractivity contribution is 7.89. The maximum atomic E-state index is 12.9. The number of carbonyl (C=O) groups excluding carboxylic acids is 2. The number of rotatable bonds is 10. The molecule has 0 radical (unpaired) electrons. The van der Waals surface area contributed by atoms with Crippen LogP contribution in [0.3, 0.4) is 0 Å². The molecule has 2 unspecified atom stereocenters. The van der Waals surface area contributed by atoms with Gasteiger partial charge in [0.25, 0.3) is 0 Å². The lowest BCUT2D eigenvalue weighted by Crippen LogP contribution is -2.25. The van der Waals surface area contributed by atoms with E-state index in [1.54, 1.807) is 37.3 Å². The quantitative estimate of drug-likeness (QED) is 0.202. The molecule has 1 aliphatic heterocycles. The summed E-state index contributed by atoms with van der Waals surface area (Å²) in [7, 11) is -3.54. The predicted octanol–water partition coefficient (Wildman–Crippen LogP) is 4.66. The zero-order valence-corrected chi connectivity index (χ0v) is 22.0. The summed E-state index contributed by atoms with van der Waals surface area (Å²) in [5.74, 6) is -1.36. The third kappa shape index (κ3) is 6.87. The van der Waals surface area contributed by atoms with Crippen LogP contribution in [0.5, 0.6) is 0 Å². The summed E-state index contributed by atoms with van der Waals surface area (Å²) in [6, 6.07) is 15.9. The Kier molecular flexibility index (Phi) is 8.82. The molecule has 2 N–H and O–H groups in total. The summed E-state index contributed by atoms with van der Waals surface area (Å²) < 4.78 is 32.7. The molecule has 0 amide bonds. The number of esters is 1. The van der Waals surface area contributed by atoms with E-state index in [0.29, 0.717) is 25.2 Å². The van der Waals surface area contributed by atoms with Crippen molar-refractivity contribution >= 4 is 21.8 Å². The monoisotopic (exact) mass is 525 g/mol. The molecule has 0 aromatic heterocycles. The first kappa shape index (κ1) is 27.1. The number of hydrogen-bond donors (Lipinski definition) is 2. The van der Waals surface area contributed by atoms with Gasteiger partial charge in [-0.15, -0.1) is 0 Å². The van der Waals surface area contributed by atoms with E-state index in [2.05, 4.69) is 4.72 Å². The highest BCUT2D eigenvalue weighted by atomic mass is 32.2. The maximum absolute atomic E-state index is 12.9. The number of sulfonamides is 1. The fourth-order valence-corrected chi connectivity index (χ4v) is 6.22. The highest BCUT2D eigenvalue weighted by Crippen LogP contribution is 2.33. The smallest absolute Gasteiger partial charge is 0.346 e. The molecular weight excluding hydrogens is 490 g/mol. The van der Waals surface area contributed by atoms with Crippen LogP contribution in [0.4, 0.5) is 0 Å². The molecule has 1 heterocycles. The molecule has 198 valence electrons. The number of benzene rings is 2. The van der Waals surface area contributed by atoms with Crippen molar-refractivity contribution < 1.29 is 27.9 Å². The van der Waals surface area contributed by atoms with E-state index >= 15 is 0 Å². The molecule has 37 heavy (non-hydrogen) atoms. The first-order valence-electron chi connectivity index (χ1n) is 13.1. The molecule has 2 aliphatic rings. The number of aliphatic hydroxyl groups is 1. The third-order valence-electron chi connectivity index (χ3n) is 7.31. The molecule has 1 aliphatic carbocycles. The van der Waals surface area contributed by atoms with Crippen molar-refractivity contribution in [2.45, 2.75) is 69.3 Å². The van der Waals surface area contributed by atoms with Crippen molar-refractivity contribution in [1.29, 1.82) is 0 Å². The summed E-state index contributed by atoms with van der Waals surface area (Å²) in [4.78, 5) is 25.5. The number of ether oxygens (including phenoxy) is 1. The molecule has 1 saturated heterocycles. The summed E-state index contributed by atoms with van der Waals surface area (Å²) in [5.41, 5.74) is 1.70. The van der Waals surface area contributed by atoms with Gasteiger partial charge in [0.15, 0.2) is 6.10 Å². The third-order valence-corrected chi connectivity index (χ3v) is 8.79. The minimum absolute atomic E-state index is 0.198. The van der Waals surface area contributed by atoms with E-state index in [-0.39, 0.29) is 22.8 Å². The van der Waals surface area contributed by atoms with Gasteiger partial charge in [0.1, 0.15) is 11.3 Å². The average Bonchev–Trinajstić information content (AvgIpc) is 3.17. The van der Waals surface area contributed by atoms with Gasteiger partial charge in [-0.1, -0.05) is 81.5 Å². The van der Waals surface area contributed by atoms with Gasteiger partial charge in [-0.2, -0.15) is 0 Å². The molecule has 4 rings (SSSR count). The molecule has 2 fully saturated rings. The van der Waals surface area contributed by atoms with E-state index < -0.39 is 33.8 Å². The number of cyclic esters (lactones) is 1. The van der Waals surface area contributed by atoms with Crippen LogP contribution in [0, 0.1) is 11.8 Å². The van der Waals surface area contributed by atoms with Crippen molar-refractivity contribution in [2.24, 2.45) is 11.8 Å². The van der Waals surface area contributed by atoms with Crippen LogP contribution in [-0.2, 0) is 37.2 Å². The van der Waals surface area contributed by atoms with E-state index in [1.165, 1.54) is 6.42 Å². The van der Waals surface area contributed by atoms with Crippen LogP contribution in [0.1, 0.15) is 56.6 Å². The fraction of sp³-hybridized carbons (Fsp3) is 0.448. The lowest BCUT2D eigenvalue weighted by atomic mass is 9.84. The van der Waals surface area contributed by atoms with Crippen LogP contribution in [0.15, 0.2) is 70.8 Å². The summed E-state index contributed by atoms with van der Waals surface area (Å²) in [5, 5.41) is 10.8. The number of Topliss-reactive ketones (excluding diaryl/α,β-unsaturated/α-hetero) is 1. The van der Waals surface area contributed by atoms with Crippen molar-refractivity contribution in [3.05, 3.63) is 77.1 Å². The number of nitrogens with one attached hydrogen (secondary N) is 1. The van der Waals surface area contributed by atoms with Crippen LogP contribution >= 0.6 is 0 Å². The van der Waals surface area contributed by atoms with E-state index in [4.69, 9.17) is 4.74 Å². The Morgan fingerprint density at radius 2 is 1.65 bits per heavy atom. The first-order chi connectivity index (χ1) is 17.7. The summed E-state index contributed by atoms with van der Waals surface area (Å²) >= 11 is 0. The van der Waals surface area contributed by atoms with Gasteiger partial charge in [0.05, 0.1) is 4.90 Å². The molecule has 2 aromatic rings. The van der Waals surface area contributed by atoms with Gasteiger partial charge in [0.2, 0.25) is 15.8 Å². The predicted molar refractivity (Wildman–Crippen MR) is 140 cm³/mol. The number of carbonyl (C=O) groups is 2. The lowest BCUT2D eigenvalue weighted by molar-refractivity contribution is -0.141. The Labute approximate surface area is 219 Å². The zero-order valence-electron chi connectivity index (χ0n) is 21.2. The largest absolute Gasteiger partial charge is 0.511 e. The topological polar surface area (TPSA) is 110 Å². The van der Waals surface area contributed by atoms with Gasteiger partial charge < -0.3 is 9.84 Å². The van der Waals surface area contributed by atoms with Crippen molar-refractivity contribution in [3.8, 4) is 0 Å². The van der Waals surface area contributed by atoms with E-state index in [9.17, 15) is 23.1 Å². The number of hydrogen-bond acceptors (Lipinski definition) is 6. The Balaban J connectivity index is 1.31. The van der Waals surface area contributed by atoms with Crippen molar-refractivity contribution in [2.75, 3.05) is 6.54 Å². The van der Waals surface area contributed by atoms with Gasteiger partial charge in [-0.3, -0.25) is 4.79 Å². The zero-order chi connectivity index (χ0) is 26.4. The molecule has 8 heteroatoms. The Hall–Kier alpha value is -2.97. The lowest BCUT2D eigenvalue weighted by Gasteiger charge is -2.22. The summed E-state index contributed by atoms with van der Waals surface area (Å²) in [6.07, 6.45) is 6.35. The number of aliphatic hydroxyl groups excluding tert-OH is 1.